The Balaban J connectivity index is 2.32. The van der Waals surface area contributed by atoms with Crippen LogP contribution in [0.1, 0.15) is 55.0 Å². The number of aryl methyl sites for hydroxylation is 1. The van der Waals surface area contributed by atoms with E-state index in [1.807, 2.05) is 11.5 Å². The first-order valence-corrected chi connectivity index (χ1v) is 6.48. The number of aromatic nitrogens is 2. The van der Waals surface area contributed by atoms with E-state index in [1.54, 1.807) is 0 Å². The van der Waals surface area contributed by atoms with Gasteiger partial charge in [0, 0.05) is 6.04 Å². The molecule has 5 heteroatoms. The second-order valence-electron chi connectivity index (χ2n) is 5.04. The summed E-state index contributed by atoms with van der Waals surface area (Å²) >= 11 is 0. The normalized spacial score (nSPS) is 17.9. The van der Waals surface area contributed by atoms with E-state index in [4.69, 9.17) is 10.5 Å². The van der Waals surface area contributed by atoms with Crippen LogP contribution in [0.15, 0.2) is 0 Å². The van der Waals surface area contributed by atoms with Crippen molar-refractivity contribution in [3.05, 3.63) is 11.5 Å². The van der Waals surface area contributed by atoms with Gasteiger partial charge in [-0.1, -0.05) is 12.8 Å². The fourth-order valence-electron chi connectivity index (χ4n) is 2.97. The molecular weight excluding hydrogens is 230 g/mol. The molecule has 100 valence electrons. The fourth-order valence-corrected chi connectivity index (χ4v) is 2.97. The molecule has 0 saturated heterocycles. The Morgan fingerprint density at radius 1 is 1.50 bits per heavy atom. The molecule has 5 nitrogen and oxygen atoms in total. The molecule has 1 atom stereocenters. The Labute approximate surface area is 107 Å². The number of nitrogens with two attached hydrogens (primary N) is 1. The molecule has 2 N–H and O–H groups in total. The number of rotatable bonds is 3. The van der Waals surface area contributed by atoms with Crippen LogP contribution in [0, 0.1) is 12.8 Å². The Hall–Kier alpha value is -1.52. The summed E-state index contributed by atoms with van der Waals surface area (Å²) in [6.45, 7) is 4.04. The number of carbonyl (C=O) groups is 1. The van der Waals surface area contributed by atoms with Crippen LogP contribution in [0.5, 0.6) is 0 Å². The number of nitrogens with zero attached hydrogens (tertiary/aromatic N) is 2. The first-order valence-electron chi connectivity index (χ1n) is 6.48. The van der Waals surface area contributed by atoms with Crippen LogP contribution in [-0.2, 0) is 4.74 Å². The van der Waals surface area contributed by atoms with E-state index < -0.39 is 5.97 Å². The van der Waals surface area contributed by atoms with Crippen molar-refractivity contribution < 1.29 is 9.53 Å². The van der Waals surface area contributed by atoms with Gasteiger partial charge in [-0.25, -0.2) is 9.78 Å². The predicted octanol–water partition coefficient (Wildman–Crippen LogP) is 2.31. The maximum absolute atomic E-state index is 11.6. The molecule has 1 aliphatic carbocycles. The van der Waals surface area contributed by atoms with Gasteiger partial charge in [-0.2, -0.15) is 0 Å². The summed E-state index contributed by atoms with van der Waals surface area (Å²) in [5.74, 6) is 1.38. The van der Waals surface area contributed by atoms with E-state index in [9.17, 15) is 4.79 Å². The highest BCUT2D eigenvalue weighted by Gasteiger charge is 2.28. The number of hydrogen-bond acceptors (Lipinski definition) is 4. The van der Waals surface area contributed by atoms with Crippen LogP contribution >= 0.6 is 0 Å². The Morgan fingerprint density at radius 2 is 2.11 bits per heavy atom. The number of ether oxygens (including phenoxy) is 1. The van der Waals surface area contributed by atoms with Crippen molar-refractivity contribution in [1.29, 1.82) is 0 Å². The molecule has 0 aliphatic heterocycles. The highest BCUT2D eigenvalue weighted by molar-refractivity contribution is 5.92. The molecule has 1 saturated carbocycles. The van der Waals surface area contributed by atoms with Gasteiger partial charge in [0.2, 0.25) is 0 Å². The number of imidazole rings is 1. The van der Waals surface area contributed by atoms with Gasteiger partial charge in [0.1, 0.15) is 11.6 Å². The monoisotopic (exact) mass is 251 g/mol. The number of esters is 1. The Morgan fingerprint density at radius 3 is 2.67 bits per heavy atom. The number of nitrogen functional groups attached to an aromatic ring is 1. The smallest absolute Gasteiger partial charge is 0.360 e. The second-order valence-corrected chi connectivity index (χ2v) is 5.04. The van der Waals surface area contributed by atoms with Gasteiger partial charge in [0.15, 0.2) is 5.69 Å². The molecule has 0 radical (unpaired) electrons. The molecule has 0 spiro atoms. The molecule has 2 rings (SSSR count). The number of anilines is 1. The molecule has 0 amide bonds. The van der Waals surface area contributed by atoms with E-state index >= 15 is 0 Å². The number of hydrogen-bond donors (Lipinski definition) is 1. The van der Waals surface area contributed by atoms with E-state index in [0.717, 1.165) is 5.82 Å². The number of methoxy groups -OCH3 is 1. The third kappa shape index (κ3) is 2.09. The summed E-state index contributed by atoms with van der Waals surface area (Å²) in [7, 11) is 1.34. The zero-order valence-corrected chi connectivity index (χ0v) is 11.3. The van der Waals surface area contributed by atoms with Crippen LogP contribution < -0.4 is 5.73 Å². The molecule has 1 unspecified atom stereocenters. The van der Waals surface area contributed by atoms with Gasteiger partial charge in [0.25, 0.3) is 0 Å². The topological polar surface area (TPSA) is 70.1 Å². The molecule has 18 heavy (non-hydrogen) atoms. The maximum atomic E-state index is 11.6. The lowest BCUT2D eigenvalue weighted by Gasteiger charge is -2.23. The zero-order chi connectivity index (χ0) is 13.3. The standard InChI is InChI=1S/C13H21N3O2/c1-8(10-6-4-5-7-10)16-9(2)15-11(12(16)14)13(17)18-3/h8,10H,4-7,14H2,1-3H3. The molecule has 1 heterocycles. The minimum Gasteiger partial charge on any atom is -0.464 e. The van der Waals surface area contributed by atoms with E-state index in [0.29, 0.717) is 17.8 Å². The Bertz CT molecular complexity index is 447. The van der Waals surface area contributed by atoms with Crippen LogP contribution in [-0.4, -0.2) is 22.6 Å². The highest BCUT2D eigenvalue weighted by Crippen LogP contribution is 2.36. The molecule has 1 aromatic heterocycles. The van der Waals surface area contributed by atoms with Crippen molar-refractivity contribution in [1.82, 2.24) is 9.55 Å². The molecule has 0 bridgehead atoms. The molecule has 0 aromatic carbocycles. The van der Waals surface area contributed by atoms with Gasteiger partial charge < -0.3 is 15.0 Å². The fraction of sp³-hybridized carbons (Fsp3) is 0.692. The zero-order valence-electron chi connectivity index (χ0n) is 11.3. The maximum Gasteiger partial charge on any atom is 0.360 e. The summed E-state index contributed by atoms with van der Waals surface area (Å²) in [5.41, 5.74) is 6.28. The second kappa shape index (κ2) is 5.00. The van der Waals surface area contributed by atoms with E-state index in [2.05, 4.69) is 11.9 Å². The molecule has 1 aromatic rings. The minimum atomic E-state index is -0.465. The third-order valence-corrected chi connectivity index (χ3v) is 3.99. The van der Waals surface area contributed by atoms with Crippen molar-refractivity contribution in [2.45, 2.75) is 45.6 Å². The van der Waals surface area contributed by atoms with Gasteiger partial charge >= 0.3 is 5.97 Å². The summed E-state index contributed by atoms with van der Waals surface area (Å²) in [4.78, 5) is 15.8. The lowest BCUT2D eigenvalue weighted by atomic mass is 9.99. The summed E-state index contributed by atoms with van der Waals surface area (Å²) < 4.78 is 6.67. The lowest BCUT2D eigenvalue weighted by Crippen LogP contribution is -2.18. The average Bonchev–Trinajstić information content (AvgIpc) is 2.96. The first-order chi connectivity index (χ1) is 8.56. The third-order valence-electron chi connectivity index (χ3n) is 3.99. The lowest BCUT2D eigenvalue weighted by molar-refractivity contribution is 0.0595. The largest absolute Gasteiger partial charge is 0.464 e. The highest BCUT2D eigenvalue weighted by atomic mass is 16.5. The van der Waals surface area contributed by atoms with Gasteiger partial charge in [-0.15, -0.1) is 0 Å². The molecule has 1 aliphatic rings. The molecule has 1 fully saturated rings. The van der Waals surface area contributed by atoms with Crippen molar-refractivity contribution >= 4 is 11.8 Å². The quantitative estimate of drug-likeness (QED) is 0.837. The van der Waals surface area contributed by atoms with Crippen LogP contribution in [0.3, 0.4) is 0 Å². The number of carbonyl (C=O) groups excluding carboxylic acids is 1. The summed E-state index contributed by atoms with van der Waals surface area (Å²) in [5, 5.41) is 0. The summed E-state index contributed by atoms with van der Waals surface area (Å²) in [6, 6.07) is 0.290. The van der Waals surface area contributed by atoms with Crippen LogP contribution in [0.25, 0.3) is 0 Å². The van der Waals surface area contributed by atoms with Gasteiger partial charge in [-0.3, -0.25) is 0 Å². The minimum absolute atomic E-state index is 0.236. The Kier molecular flexibility index (Phi) is 3.59. The van der Waals surface area contributed by atoms with Crippen LogP contribution in [0.4, 0.5) is 5.82 Å². The van der Waals surface area contributed by atoms with Crippen molar-refractivity contribution in [2.24, 2.45) is 5.92 Å². The van der Waals surface area contributed by atoms with Crippen molar-refractivity contribution in [3.8, 4) is 0 Å². The predicted molar refractivity (Wildman–Crippen MR) is 69.4 cm³/mol. The van der Waals surface area contributed by atoms with Gasteiger partial charge in [0.05, 0.1) is 7.11 Å². The van der Waals surface area contributed by atoms with Crippen LogP contribution in [0.2, 0.25) is 0 Å². The van der Waals surface area contributed by atoms with E-state index in [-0.39, 0.29) is 5.69 Å². The average molecular weight is 251 g/mol. The molecular formula is C13H21N3O2. The van der Waals surface area contributed by atoms with E-state index in [1.165, 1.54) is 32.8 Å². The van der Waals surface area contributed by atoms with Gasteiger partial charge in [-0.05, 0) is 32.6 Å². The SMILES string of the molecule is COC(=O)c1nc(C)n(C(C)C2CCCC2)c1N. The summed E-state index contributed by atoms with van der Waals surface area (Å²) in [6.07, 6.45) is 5.02. The first kappa shape index (κ1) is 12.9. The van der Waals surface area contributed by atoms with Crippen molar-refractivity contribution in [3.63, 3.8) is 0 Å². The van der Waals surface area contributed by atoms with Crippen molar-refractivity contribution in [2.75, 3.05) is 12.8 Å².